The van der Waals surface area contributed by atoms with Gasteiger partial charge in [-0.05, 0) is 152 Å². The zero-order valence-corrected chi connectivity index (χ0v) is 94.1. The molecule has 5 heterocycles. The quantitative estimate of drug-likeness (QED) is 0.0674. The second kappa shape index (κ2) is 49.1. The van der Waals surface area contributed by atoms with E-state index in [0.29, 0.717) is 0 Å². The molecule has 2 aliphatic carbocycles. The topological polar surface area (TPSA) is 154 Å². The van der Waals surface area contributed by atoms with Crippen LogP contribution in [-0.2, 0) is 114 Å². The van der Waals surface area contributed by atoms with E-state index >= 15 is 0 Å². The monoisotopic (exact) mass is 2770 g/mol. The summed E-state index contributed by atoms with van der Waals surface area (Å²) in [5, 5.41) is 45.3. The van der Waals surface area contributed by atoms with Crippen molar-refractivity contribution in [1.82, 2.24) is 73.8 Å². The van der Waals surface area contributed by atoms with Crippen molar-refractivity contribution < 1.29 is 102 Å². The van der Waals surface area contributed by atoms with Crippen molar-refractivity contribution in [3.63, 3.8) is 0 Å². The zero-order chi connectivity index (χ0) is 95.5. The van der Waals surface area contributed by atoms with Gasteiger partial charge in [0.05, 0.1) is 29.1 Å². The number of hydrogen-bond donors (Lipinski definition) is 0. The van der Waals surface area contributed by atoms with E-state index in [1.807, 2.05) is 133 Å². The fourth-order valence-corrected chi connectivity index (χ4v) is 19.1. The van der Waals surface area contributed by atoms with Crippen molar-refractivity contribution in [3.8, 4) is 141 Å². The molecule has 0 atom stereocenters. The van der Waals surface area contributed by atoms with E-state index in [9.17, 15) is 0 Å². The maximum atomic E-state index is 4.64. The number of aryl methyl sites for hydroxylation is 1. The van der Waals surface area contributed by atoms with Crippen LogP contribution in [0.25, 0.3) is 141 Å². The largest absolute Gasteiger partial charge is 0.320 e. The van der Waals surface area contributed by atoms with Gasteiger partial charge in [0.15, 0.2) is 0 Å². The average Bonchev–Trinajstić information content (AvgIpc) is 1.55. The Kier molecular flexibility index (Phi) is 36.9. The summed E-state index contributed by atoms with van der Waals surface area (Å²) in [6.45, 7) is 30.5. The van der Waals surface area contributed by atoms with Gasteiger partial charge in [0.25, 0.3) is 0 Å². The molecule has 0 amide bonds. The molecule has 0 saturated heterocycles. The van der Waals surface area contributed by atoms with E-state index in [-0.39, 0.29) is 137 Å². The van der Waals surface area contributed by atoms with Gasteiger partial charge in [-0.2, -0.15) is 25.5 Å². The molecule has 20 heteroatoms. The molecule has 20 aromatic rings. The van der Waals surface area contributed by atoms with Gasteiger partial charge in [-0.25, -0.2) is 0 Å². The van der Waals surface area contributed by atoms with Crippen LogP contribution in [0.15, 0.2) is 358 Å². The summed E-state index contributed by atoms with van der Waals surface area (Å²) < 4.78 is 11.0. The van der Waals surface area contributed by atoms with Crippen molar-refractivity contribution in [2.45, 2.75) is 151 Å². The molecule has 22 rings (SSSR count). The molecule has 5 aromatic heterocycles. The minimum Gasteiger partial charge on any atom is -0.320 e. The van der Waals surface area contributed by atoms with Gasteiger partial charge in [0, 0.05) is 172 Å². The predicted molar refractivity (Wildman–Crippen MR) is 559 cm³/mol. The van der Waals surface area contributed by atoms with Gasteiger partial charge >= 0.3 is 0 Å². The van der Waals surface area contributed by atoms with Crippen LogP contribution in [0.4, 0.5) is 0 Å². The maximum Gasteiger partial charge on any atom is 0.131 e. The van der Waals surface area contributed by atoms with Crippen molar-refractivity contribution in [1.29, 1.82) is 0 Å². The Labute approximate surface area is 910 Å². The first-order valence-electron chi connectivity index (χ1n) is 48.0. The van der Waals surface area contributed by atoms with E-state index in [2.05, 4.69) is 426 Å². The van der Waals surface area contributed by atoms with Crippen LogP contribution < -0.4 is 0 Å². The van der Waals surface area contributed by atoms with Crippen LogP contribution in [0.3, 0.4) is 0 Å². The summed E-state index contributed by atoms with van der Waals surface area (Å²) in [6, 6.07) is 140. The molecule has 143 heavy (non-hydrogen) atoms. The summed E-state index contributed by atoms with van der Waals surface area (Å²) in [6.07, 6.45) is 3.04. The molecule has 0 aliphatic heterocycles. The van der Waals surface area contributed by atoms with E-state index in [1.54, 1.807) is 0 Å². The molecule has 15 nitrogen and oxygen atoms in total. The number of benzene rings is 15. The summed E-state index contributed by atoms with van der Waals surface area (Å²) in [4.78, 5) is 0. The first-order valence-corrected chi connectivity index (χ1v) is 48.0. The van der Waals surface area contributed by atoms with Crippen molar-refractivity contribution in [2.75, 3.05) is 0 Å². The first kappa shape index (κ1) is 108. The van der Waals surface area contributed by atoms with Crippen LogP contribution in [-0.4, -0.2) is 73.8 Å². The fraction of sp³-hybridized carbons (Fsp3) is 0.187. The summed E-state index contributed by atoms with van der Waals surface area (Å²) >= 11 is 0. The molecule has 731 valence electrons. The van der Waals surface area contributed by atoms with Gasteiger partial charge < -0.3 is 22.8 Å². The summed E-state index contributed by atoms with van der Waals surface area (Å²) in [7, 11) is 0. The second-order valence-electron chi connectivity index (χ2n) is 36.5. The molecule has 3 radical (unpaired) electrons. The van der Waals surface area contributed by atoms with Crippen LogP contribution >= 0.6 is 0 Å². The average molecular weight is 2770 g/mol. The Morgan fingerprint density at radius 3 is 1.07 bits per heavy atom. The van der Waals surface area contributed by atoms with Crippen molar-refractivity contribution in [2.24, 2.45) is 0 Å². The fourth-order valence-electron chi connectivity index (χ4n) is 19.1. The predicted octanol–water partition coefficient (Wildman–Crippen LogP) is 29.6. The standard InChI is InChI=1S/C28H28N3.C25H24N3.C24H20N3.2C23H20N3.3Ir.2Pt/c1-5-28(6-2)23-17-11-10-15-21(23)22-16-12-18-24(25(22)28)31-26(19(3)4)29-30-27(31)20-13-8-7-9-14-20;1-17(2)24-26-27-25(21-13-9-6-10-14-21)28(24)23-18(3)15-16-22(19(23)4)20-11-7-5-8-12-20;1-16(2)23-25-26-24(17-9-4-3-5-10-17)27(23)22-14-8-13-20-19-12-7-6-11-18(19)15-21(20)22;1-17(2)22-24-25-23(19-12-7-4-8-13-19)26(22)21-15-9-14-20(16-21)18-10-5-3-6-11-18;1-17(2)22-24-25-23(20-11-7-4-8-12-20)26(22)21-15-13-19(14-16-21)18-9-5-3-6-10-18;;;;;/h7-13,15-19H,5-6H2,1-4H3;5-13,15-17H,1-4H3;3-9,11-14,16H,15H2,1-2H3;3-12,14-17H,1-2H3;3-11,13-17H,1-2H3;;;;;/q5*-1;;;;;. The molecule has 0 spiro atoms. The summed E-state index contributed by atoms with van der Waals surface area (Å²) in [5.74, 6) is 10.3. The number of fused-ring (bicyclic) bond motifs is 6. The molecule has 0 bridgehead atoms. The third-order valence-electron chi connectivity index (χ3n) is 25.9. The van der Waals surface area contributed by atoms with E-state index in [0.717, 1.165) is 122 Å². The van der Waals surface area contributed by atoms with Crippen LogP contribution in [0.5, 0.6) is 0 Å². The molecule has 2 aliphatic rings. The first-order chi connectivity index (χ1) is 67.4. The van der Waals surface area contributed by atoms with Crippen LogP contribution in [0.2, 0.25) is 0 Å². The summed E-state index contributed by atoms with van der Waals surface area (Å²) in [5.41, 5.74) is 31.0. The molecule has 0 unspecified atom stereocenters. The van der Waals surface area contributed by atoms with Gasteiger partial charge in [-0.1, -0.05) is 283 Å². The molecule has 0 fully saturated rings. The molecular weight excluding hydrogens is 2650 g/mol. The van der Waals surface area contributed by atoms with E-state index < -0.39 is 0 Å². The Balaban J connectivity index is 0.000000149. The zero-order valence-electron chi connectivity index (χ0n) is 82.4. The molecule has 0 N–H and O–H groups in total. The number of hydrogen-bond acceptors (Lipinski definition) is 10. The van der Waals surface area contributed by atoms with Gasteiger partial charge in [0.1, 0.15) is 29.1 Å². The Morgan fingerprint density at radius 2 is 0.622 bits per heavy atom. The van der Waals surface area contributed by atoms with Gasteiger partial charge in [-0.3, -0.25) is 0 Å². The number of nitrogens with zero attached hydrogens (tertiary/aromatic N) is 15. The normalized spacial score (nSPS) is 11.5. The number of aromatic nitrogens is 15. The minimum absolute atomic E-state index is 0. The second-order valence-corrected chi connectivity index (χ2v) is 36.5. The van der Waals surface area contributed by atoms with Crippen LogP contribution in [0, 0.1) is 44.2 Å². The molecular formula is C123H112Ir3N15Pt2-5. The SMILES string of the molecule is CC(C)c1nnc(-c2[c-]cccc2)n1-c1ccc(-c2ccccc2)cc1.CC(C)c1nnc(-c2[c-]cccc2)n1-c1cccc(-c2ccccc2)c1.CC(C)c1nnc(-c2[c-]cccc2)n1-c1cccc2c1Cc1ccccc1-2.CCC1(CC)c2ccccc2-c2cccc(-n3c(-c4[c-]cccc4)nnc3C(C)C)c21.Cc1ccc(-c2ccccc2)c(C)c1-n1c(-c2[c-]cccc2)nnc1C(C)C.[Ir].[Ir].[Ir].[Pt].[Pt]. The van der Waals surface area contributed by atoms with Crippen molar-refractivity contribution in [3.05, 3.63) is 451 Å². The molecule has 15 aromatic carbocycles. The van der Waals surface area contributed by atoms with Gasteiger partial charge in [-0.15, -0.1) is 205 Å². The third kappa shape index (κ3) is 22.5. The van der Waals surface area contributed by atoms with Crippen molar-refractivity contribution >= 4 is 0 Å². The maximum absolute atomic E-state index is 4.64. The van der Waals surface area contributed by atoms with Crippen LogP contribution in [0.1, 0.15) is 188 Å². The third-order valence-corrected chi connectivity index (χ3v) is 25.9. The minimum atomic E-state index is -0.0152. The Morgan fingerprint density at radius 1 is 0.280 bits per heavy atom. The van der Waals surface area contributed by atoms with E-state index in [4.69, 9.17) is 0 Å². The smallest absolute Gasteiger partial charge is 0.131 e. The number of rotatable bonds is 20. The van der Waals surface area contributed by atoms with E-state index in [1.165, 1.54) is 100 Å². The van der Waals surface area contributed by atoms with Gasteiger partial charge in [0.2, 0.25) is 0 Å². The Hall–Kier alpha value is -12.7. The molecule has 0 saturated carbocycles. The Bertz CT molecular complexity index is 7550.